The number of hydrogen-bond acceptors (Lipinski definition) is 5. The number of esters is 1. The number of unbranched alkanes of at least 4 members (excludes halogenated alkanes) is 23. The molecule has 0 aromatic carbocycles. The van der Waals surface area contributed by atoms with Gasteiger partial charge in [0, 0.05) is 6.42 Å². The molecule has 0 saturated heterocycles. The second-order valence-electron chi connectivity index (χ2n) is 17.9. The first-order valence-corrected chi connectivity index (χ1v) is 26.7. The minimum atomic E-state index is -0.807. The van der Waals surface area contributed by atoms with Gasteiger partial charge in [0.05, 0.1) is 25.2 Å². The number of rotatable bonds is 47. The van der Waals surface area contributed by atoms with E-state index in [4.69, 9.17) is 4.74 Å². The average molecular weight is 880 g/mol. The summed E-state index contributed by atoms with van der Waals surface area (Å²) in [5.74, 6) is -0.548. The van der Waals surface area contributed by atoms with Crippen molar-refractivity contribution in [1.29, 1.82) is 0 Å². The Hall–Kier alpha value is -2.70. The molecule has 0 aromatic heterocycles. The fourth-order valence-corrected chi connectivity index (χ4v) is 7.75. The van der Waals surface area contributed by atoms with Gasteiger partial charge in [-0.3, -0.25) is 9.59 Å². The van der Waals surface area contributed by atoms with Crippen LogP contribution in [0.2, 0.25) is 0 Å². The number of carbonyl (C=O) groups is 2. The van der Waals surface area contributed by atoms with Crippen LogP contribution in [0, 0.1) is 0 Å². The highest BCUT2D eigenvalue weighted by Crippen LogP contribution is 2.17. The monoisotopic (exact) mass is 880 g/mol. The number of hydrogen-bond donors (Lipinski definition) is 3. The van der Waals surface area contributed by atoms with Crippen molar-refractivity contribution in [3.8, 4) is 0 Å². The van der Waals surface area contributed by atoms with Gasteiger partial charge in [0.15, 0.2) is 0 Å². The number of nitrogens with one attached hydrogen (secondary N) is 1. The van der Waals surface area contributed by atoms with Crippen LogP contribution in [0.15, 0.2) is 72.9 Å². The fourth-order valence-electron chi connectivity index (χ4n) is 7.75. The molecule has 0 bridgehead atoms. The smallest absolute Gasteiger partial charge is 0.306 e. The van der Waals surface area contributed by atoms with Gasteiger partial charge in [0.1, 0.15) is 6.10 Å². The Balaban J connectivity index is 4.72. The predicted molar refractivity (Wildman–Crippen MR) is 273 cm³/mol. The molecule has 0 saturated carbocycles. The third-order valence-electron chi connectivity index (χ3n) is 11.8. The number of allylic oxidation sites excluding steroid dienone is 12. The molecule has 6 heteroatoms. The lowest BCUT2D eigenvalue weighted by molar-refractivity contribution is -0.151. The summed E-state index contributed by atoms with van der Waals surface area (Å²) >= 11 is 0. The Bertz CT molecular complexity index is 1170. The molecule has 6 nitrogen and oxygen atoms in total. The van der Waals surface area contributed by atoms with Gasteiger partial charge < -0.3 is 20.3 Å². The van der Waals surface area contributed by atoms with Gasteiger partial charge in [-0.05, 0) is 89.9 Å². The lowest BCUT2D eigenvalue weighted by Gasteiger charge is -2.24. The third-order valence-corrected chi connectivity index (χ3v) is 11.8. The summed E-state index contributed by atoms with van der Waals surface area (Å²) in [7, 11) is 0. The van der Waals surface area contributed by atoms with Crippen LogP contribution < -0.4 is 5.32 Å². The summed E-state index contributed by atoms with van der Waals surface area (Å²) in [6.07, 6.45) is 63.9. The fraction of sp³-hybridized carbons (Fsp3) is 0.754. The number of amides is 1. The molecule has 364 valence electrons. The van der Waals surface area contributed by atoms with E-state index in [0.717, 1.165) is 96.3 Å². The quantitative estimate of drug-likeness (QED) is 0.0321. The number of carbonyl (C=O) groups excluding carboxylic acids is 2. The largest absolute Gasteiger partial charge is 0.462 e. The SMILES string of the molecule is CC/C=C\C/C=C\C/C=C\C/C=C\C/C=C\CCCC(CC(=O)NC(CO)C(O)CCCCCCCCCCCCCCC)OC(=O)CCCCC/C=C\CCCCCCCCC. The first-order valence-electron chi connectivity index (χ1n) is 26.7. The molecule has 0 aromatic rings. The van der Waals surface area contributed by atoms with E-state index in [-0.39, 0.29) is 24.9 Å². The van der Waals surface area contributed by atoms with E-state index >= 15 is 0 Å². The Morgan fingerprint density at radius 2 is 0.873 bits per heavy atom. The van der Waals surface area contributed by atoms with Crippen molar-refractivity contribution < 1.29 is 24.5 Å². The van der Waals surface area contributed by atoms with Gasteiger partial charge >= 0.3 is 5.97 Å². The zero-order chi connectivity index (χ0) is 45.9. The van der Waals surface area contributed by atoms with Crippen molar-refractivity contribution in [2.24, 2.45) is 0 Å². The molecular weight excluding hydrogens is 779 g/mol. The van der Waals surface area contributed by atoms with E-state index in [2.05, 4.69) is 99.0 Å². The van der Waals surface area contributed by atoms with Crippen molar-refractivity contribution in [2.75, 3.05) is 6.61 Å². The summed E-state index contributed by atoms with van der Waals surface area (Å²) in [5, 5.41) is 23.8. The van der Waals surface area contributed by atoms with E-state index in [1.807, 2.05) is 0 Å². The van der Waals surface area contributed by atoms with E-state index in [0.29, 0.717) is 19.3 Å². The standard InChI is InChI=1S/C57H101NO5/c1-4-7-10-13-16-19-22-25-27-28-29-31-33-36-39-42-45-48-53(63-57(62)50-47-44-41-38-35-32-26-23-20-17-14-11-8-5-2)51-56(61)58-54(52-59)55(60)49-46-43-40-37-34-30-24-21-18-15-12-9-6-3/h7,10,16,19,25,27,29,31-32,35-36,39,53-55,59-60H,4-6,8-9,11-15,17-18,20-24,26,28,30,33-34,37-38,40-52H2,1-3H3,(H,58,61)/b10-7-,19-16-,27-25-,31-29-,35-32-,39-36-. The minimum Gasteiger partial charge on any atom is -0.462 e. The molecule has 0 spiro atoms. The number of ether oxygens (including phenoxy) is 1. The average Bonchev–Trinajstić information content (AvgIpc) is 3.28. The second kappa shape index (κ2) is 50.3. The Labute approximate surface area is 390 Å². The van der Waals surface area contributed by atoms with Gasteiger partial charge in [-0.2, -0.15) is 0 Å². The zero-order valence-corrected chi connectivity index (χ0v) is 41.4. The van der Waals surface area contributed by atoms with Gasteiger partial charge in [0.2, 0.25) is 5.91 Å². The maximum absolute atomic E-state index is 13.2. The van der Waals surface area contributed by atoms with Crippen LogP contribution in [-0.2, 0) is 14.3 Å². The summed E-state index contributed by atoms with van der Waals surface area (Å²) in [6, 6.07) is -0.725. The van der Waals surface area contributed by atoms with Crippen molar-refractivity contribution >= 4 is 11.9 Å². The summed E-state index contributed by atoms with van der Waals surface area (Å²) in [4.78, 5) is 26.2. The first kappa shape index (κ1) is 60.3. The van der Waals surface area contributed by atoms with Gasteiger partial charge in [0.25, 0.3) is 0 Å². The third kappa shape index (κ3) is 45.7. The van der Waals surface area contributed by atoms with E-state index in [1.165, 1.54) is 109 Å². The highest BCUT2D eigenvalue weighted by atomic mass is 16.5. The molecule has 0 radical (unpaired) electrons. The Morgan fingerprint density at radius 1 is 0.476 bits per heavy atom. The van der Waals surface area contributed by atoms with Crippen LogP contribution in [0.25, 0.3) is 0 Å². The van der Waals surface area contributed by atoms with Gasteiger partial charge in [-0.15, -0.1) is 0 Å². The van der Waals surface area contributed by atoms with E-state index < -0.39 is 18.2 Å². The van der Waals surface area contributed by atoms with Crippen LogP contribution in [0.3, 0.4) is 0 Å². The van der Waals surface area contributed by atoms with Crippen LogP contribution in [0.4, 0.5) is 0 Å². The van der Waals surface area contributed by atoms with E-state index in [1.54, 1.807) is 0 Å². The molecule has 3 unspecified atom stereocenters. The molecule has 0 aliphatic heterocycles. The second-order valence-corrected chi connectivity index (χ2v) is 17.9. The van der Waals surface area contributed by atoms with Crippen molar-refractivity contribution in [3.05, 3.63) is 72.9 Å². The molecular formula is C57H101NO5. The summed E-state index contributed by atoms with van der Waals surface area (Å²) < 4.78 is 5.90. The molecule has 63 heavy (non-hydrogen) atoms. The lowest BCUT2D eigenvalue weighted by atomic mass is 10.0. The molecule has 0 heterocycles. The molecule has 0 rings (SSSR count). The number of aliphatic hydroxyl groups is 2. The van der Waals surface area contributed by atoms with Crippen LogP contribution in [0.5, 0.6) is 0 Å². The van der Waals surface area contributed by atoms with Crippen LogP contribution in [0.1, 0.15) is 252 Å². The molecule has 1 amide bonds. The maximum atomic E-state index is 13.2. The summed E-state index contributed by atoms with van der Waals surface area (Å²) in [6.45, 7) is 6.35. The van der Waals surface area contributed by atoms with Crippen LogP contribution >= 0.6 is 0 Å². The Kier molecular flexibility index (Phi) is 48.1. The van der Waals surface area contributed by atoms with Crippen molar-refractivity contribution in [1.82, 2.24) is 5.32 Å². The number of aliphatic hydroxyl groups excluding tert-OH is 2. The minimum absolute atomic E-state index is 0.0307. The first-order chi connectivity index (χ1) is 31.0. The molecule has 3 N–H and O–H groups in total. The van der Waals surface area contributed by atoms with Crippen molar-refractivity contribution in [3.63, 3.8) is 0 Å². The normalized spacial score (nSPS) is 13.8. The Morgan fingerprint density at radius 3 is 1.35 bits per heavy atom. The molecule has 0 fully saturated rings. The van der Waals surface area contributed by atoms with Crippen molar-refractivity contribution in [2.45, 2.75) is 270 Å². The van der Waals surface area contributed by atoms with E-state index in [9.17, 15) is 19.8 Å². The molecule has 3 atom stereocenters. The van der Waals surface area contributed by atoms with Gasteiger partial charge in [-0.25, -0.2) is 0 Å². The maximum Gasteiger partial charge on any atom is 0.306 e. The van der Waals surface area contributed by atoms with Crippen LogP contribution in [-0.4, -0.2) is 46.9 Å². The van der Waals surface area contributed by atoms with Gasteiger partial charge in [-0.1, -0.05) is 222 Å². The molecule has 0 aliphatic rings. The predicted octanol–water partition coefficient (Wildman–Crippen LogP) is 16.2. The topological polar surface area (TPSA) is 95.9 Å². The summed E-state index contributed by atoms with van der Waals surface area (Å²) in [5.41, 5.74) is 0. The highest BCUT2D eigenvalue weighted by molar-refractivity contribution is 5.77. The lowest BCUT2D eigenvalue weighted by Crippen LogP contribution is -2.46. The zero-order valence-electron chi connectivity index (χ0n) is 41.4. The molecule has 0 aliphatic carbocycles. The highest BCUT2D eigenvalue weighted by Gasteiger charge is 2.24.